The summed E-state index contributed by atoms with van der Waals surface area (Å²) in [6.45, 7) is 1.02. The van der Waals surface area contributed by atoms with Crippen LogP contribution in [0.3, 0.4) is 0 Å². The smallest absolute Gasteiger partial charge is 0.150 e. The third-order valence-electron chi connectivity index (χ3n) is 1.81. The second-order valence-corrected chi connectivity index (χ2v) is 3.40. The molecule has 0 aromatic heterocycles. The van der Waals surface area contributed by atoms with Crippen LogP contribution < -0.4 is 4.74 Å². The van der Waals surface area contributed by atoms with Crippen LogP contribution in [-0.4, -0.2) is 37.8 Å². The molecule has 0 fully saturated rings. The molecule has 0 saturated heterocycles. The number of hydrogen-bond donors (Lipinski definition) is 1. The van der Waals surface area contributed by atoms with Gasteiger partial charge in [0, 0.05) is 5.56 Å². The summed E-state index contributed by atoms with van der Waals surface area (Å²) in [7, 11) is 0. The van der Waals surface area contributed by atoms with Gasteiger partial charge in [-0.15, -0.1) is 0 Å². The summed E-state index contributed by atoms with van der Waals surface area (Å²) < 4.78 is 10.3. The largest absolute Gasteiger partial charge is 0.490 e. The Hall–Kier alpha value is -1.10. The first-order valence-electron chi connectivity index (χ1n) is 4.84. The van der Waals surface area contributed by atoms with Crippen molar-refractivity contribution in [3.8, 4) is 5.75 Å². The van der Waals surface area contributed by atoms with Gasteiger partial charge in [-0.05, 0) is 18.2 Å². The first-order valence-corrected chi connectivity index (χ1v) is 5.22. The normalized spacial score (nSPS) is 10.1. The van der Waals surface area contributed by atoms with E-state index in [1.54, 1.807) is 18.2 Å². The van der Waals surface area contributed by atoms with Crippen LogP contribution in [0.2, 0.25) is 5.02 Å². The zero-order chi connectivity index (χ0) is 11.8. The summed E-state index contributed by atoms with van der Waals surface area (Å²) in [5.41, 5.74) is 0.508. The van der Waals surface area contributed by atoms with Gasteiger partial charge in [0.2, 0.25) is 0 Å². The van der Waals surface area contributed by atoms with Crippen LogP contribution >= 0.6 is 11.6 Å². The van der Waals surface area contributed by atoms with Gasteiger partial charge < -0.3 is 14.6 Å². The number of carbonyl (C=O) groups is 1. The highest BCUT2D eigenvalue weighted by molar-refractivity contribution is 6.32. The highest BCUT2D eigenvalue weighted by Gasteiger charge is 2.02. The topological polar surface area (TPSA) is 55.8 Å². The molecule has 0 unspecified atom stereocenters. The third-order valence-corrected chi connectivity index (χ3v) is 2.11. The number of rotatable bonds is 7. The van der Waals surface area contributed by atoms with Crippen molar-refractivity contribution in [2.75, 3.05) is 26.4 Å². The van der Waals surface area contributed by atoms with Gasteiger partial charge >= 0.3 is 0 Å². The summed E-state index contributed by atoms with van der Waals surface area (Å²) in [6, 6.07) is 4.80. The summed E-state index contributed by atoms with van der Waals surface area (Å²) in [5, 5.41) is 8.86. The highest BCUT2D eigenvalue weighted by Crippen LogP contribution is 2.24. The van der Waals surface area contributed by atoms with E-state index in [1.807, 2.05) is 0 Å². The van der Waals surface area contributed by atoms with Crippen molar-refractivity contribution >= 4 is 17.9 Å². The fraction of sp³-hybridized carbons (Fsp3) is 0.364. The van der Waals surface area contributed by atoms with Crippen molar-refractivity contribution in [1.29, 1.82) is 0 Å². The Kier molecular flexibility index (Phi) is 5.85. The molecule has 1 aromatic rings. The van der Waals surface area contributed by atoms with Crippen LogP contribution in [0.1, 0.15) is 10.4 Å². The van der Waals surface area contributed by atoms with Crippen LogP contribution in [-0.2, 0) is 4.74 Å². The van der Waals surface area contributed by atoms with Gasteiger partial charge in [-0.25, -0.2) is 0 Å². The van der Waals surface area contributed by atoms with E-state index < -0.39 is 0 Å². The number of aldehydes is 1. The van der Waals surface area contributed by atoms with Gasteiger partial charge in [0.15, 0.2) is 0 Å². The lowest BCUT2D eigenvalue weighted by Gasteiger charge is -2.08. The SMILES string of the molecule is O=Cc1ccc(OCCOCCO)c(Cl)c1. The molecule has 1 rings (SSSR count). The summed E-state index contributed by atoms with van der Waals surface area (Å²) in [6.07, 6.45) is 0.722. The molecule has 0 aliphatic carbocycles. The zero-order valence-corrected chi connectivity index (χ0v) is 9.44. The highest BCUT2D eigenvalue weighted by atomic mass is 35.5. The summed E-state index contributed by atoms with van der Waals surface area (Å²) in [4.78, 5) is 10.5. The van der Waals surface area contributed by atoms with E-state index in [1.165, 1.54) is 0 Å². The van der Waals surface area contributed by atoms with E-state index in [-0.39, 0.29) is 6.61 Å². The Labute approximate surface area is 98.7 Å². The third kappa shape index (κ3) is 4.18. The first-order chi connectivity index (χ1) is 7.77. The maximum absolute atomic E-state index is 10.5. The van der Waals surface area contributed by atoms with E-state index in [9.17, 15) is 4.79 Å². The Morgan fingerprint density at radius 1 is 1.31 bits per heavy atom. The molecule has 16 heavy (non-hydrogen) atoms. The lowest BCUT2D eigenvalue weighted by molar-refractivity contribution is 0.0705. The quantitative estimate of drug-likeness (QED) is 0.584. The molecule has 0 aliphatic rings. The van der Waals surface area contributed by atoms with Crippen LogP contribution in [0.25, 0.3) is 0 Å². The number of benzene rings is 1. The number of aliphatic hydroxyl groups is 1. The second kappa shape index (κ2) is 7.22. The van der Waals surface area contributed by atoms with Crippen molar-refractivity contribution in [2.45, 2.75) is 0 Å². The molecule has 0 heterocycles. The van der Waals surface area contributed by atoms with Crippen molar-refractivity contribution < 1.29 is 19.4 Å². The monoisotopic (exact) mass is 244 g/mol. The van der Waals surface area contributed by atoms with Crippen molar-refractivity contribution in [1.82, 2.24) is 0 Å². The number of hydrogen-bond acceptors (Lipinski definition) is 4. The molecule has 0 bridgehead atoms. The molecular weight excluding hydrogens is 232 g/mol. The Balaban J connectivity index is 2.39. The first kappa shape index (κ1) is 13.0. The van der Waals surface area contributed by atoms with E-state index >= 15 is 0 Å². The maximum atomic E-state index is 10.5. The molecule has 0 atom stereocenters. The summed E-state index contributed by atoms with van der Waals surface area (Å²) >= 11 is 5.88. The van der Waals surface area contributed by atoms with Gasteiger partial charge in [-0.1, -0.05) is 11.6 Å². The van der Waals surface area contributed by atoms with E-state index in [2.05, 4.69) is 0 Å². The summed E-state index contributed by atoms with van der Waals surface area (Å²) in [5.74, 6) is 0.514. The minimum Gasteiger partial charge on any atom is -0.490 e. The van der Waals surface area contributed by atoms with E-state index in [0.29, 0.717) is 36.2 Å². The minimum atomic E-state index is -0.00517. The second-order valence-electron chi connectivity index (χ2n) is 2.99. The molecule has 0 radical (unpaired) electrons. The molecule has 4 nitrogen and oxygen atoms in total. The number of aliphatic hydroxyl groups excluding tert-OH is 1. The van der Waals surface area contributed by atoms with Gasteiger partial charge in [0.25, 0.3) is 0 Å². The van der Waals surface area contributed by atoms with Crippen molar-refractivity contribution in [3.63, 3.8) is 0 Å². The predicted molar refractivity (Wildman–Crippen MR) is 60.2 cm³/mol. The van der Waals surface area contributed by atoms with Crippen molar-refractivity contribution in [3.05, 3.63) is 28.8 Å². The van der Waals surface area contributed by atoms with E-state index in [4.69, 9.17) is 26.2 Å². The lowest BCUT2D eigenvalue weighted by atomic mass is 10.2. The standard InChI is InChI=1S/C11H13ClO4/c12-10-7-9(8-14)1-2-11(10)16-6-5-15-4-3-13/h1-2,7-8,13H,3-6H2. The zero-order valence-electron chi connectivity index (χ0n) is 8.69. The Morgan fingerprint density at radius 2 is 2.12 bits per heavy atom. The molecule has 0 saturated carbocycles. The van der Waals surface area contributed by atoms with Crippen LogP contribution in [0.15, 0.2) is 18.2 Å². The van der Waals surface area contributed by atoms with Crippen LogP contribution in [0.5, 0.6) is 5.75 Å². The Morgan fingerprint density at radius 3 is 2.75 bits per heavy atom. The molecule has 0 aliphatic heterocycles. The average molecular weight is 245 g/mol. The molecule has 0 spiro atoms. The predicted octanol–water partition coefficient (Wildman–Crippen LogP) is 1.54. The molecule has 88 valence electrons. The molecule has 0 amide bonds. The molecule has 1 N–H and O–H groups in total. The number of ether oxygens (including phenoxy) is 2. The lowest BCUT2D eigenvalue weighted by Crippen LogP contribution is -2.09. The van der Waals surface area contributed by atoms with Crippen LogP contribution in [0, 0.1) is 0 Å². The van der Waals surface area contributed by atoms with Gasteiger partial charge in [-0.3, -0.25) is 4.79 Å². The average Bonchev–Trinajstić information content (AvgIpc) is 2.30. The van der Waals surface area contributed by atoms with Crippen LogP contribution in [0.4, 0.5) is 0 Å². The fourth-order valence-corrected chi connectivity index (χ4v) is 1.33. The number of halogens is 1. The van der Waals surface area contributed by atoms with Gasteiger partial charge in [0.05, 0.1) is 24.8 Å². The van der Waals surface area contributed by atoms with E-state index in [0.717, 1.165) is 6.29 Å². The fourth-order valence-electron chi connectivity index (χ4n) is 1.08. The van der Waals surface area contributed by atoms with Crippen molar-refractivity contribution in [2.24, 2.45) is 0 Å². The molecular formula is C11H13ClO4. The van der Waals surface area contributed by atoms with Gasteiger partial charge in [-0.2, -0.15) is 0 Å². The minimum absolute atomic E-state index is 0.00517. The maximum Gasteiger partial charge on any atom is 0.150 e. The number of carbonyl (C=O) groups excluding carboxylic acids is 1. The Bertz CT molecular complexity index is 341. The molecule has 5 heteroatoms. The van der Waals surface area contributed by atoms with Gasteiger partial charge in [0.1, 0.15) is 18.6 Å². The molecule has 1 aromatic carbocycles.